The molecule has 0 atom stereocenters. The van der Waals surface area contributed by atoms with Gasteiger partial charge in [-0.05, 0) is 25.0 Å². The Morgan fingerprint density at radius 1 is 1.13 bits per heavy atom. The first-order valence-corrected chi connectivity index (χ1v) is 5.10. The van der Waals surface area contributed by atoms with Crippen molar-refractivity contribution in [2.24, 2.45) is 0 Å². The normalized spacial score (nSPS) is 18.3. The Kier molecular flexibility index (Phi) is 2.67. The van der Waals surface area contributed by atoms with E-state index in [1.54, 1.807) is 0 Å². The maximum atomic E-state index is 12.3. The lowest BCUT2D eigenvalue weighted by molar-refractivity contribution is -0.137. The molecule has 0 amide bonds. The van der Waals surface area contributed by atoms with Gasteiger partial charge in [-0.2, -0.15) is 13.2 Å². The lowest BCUT2D eigenvalue weighted by atomic mass is 10.0. The molecule has 1 aliphatic carbocycles. The molecule has 1 aromatic heterocycles. The van der Waals surface area contributed by atoms with Crippen LogP contribution >= 0.6 is 0 Å². The Hall–Kier alpha value is -1.06. The summed E-state index contributed by atoms with van der Waals surface area (Å²) >= 11 is 0. The molecule has 1 nitrogen and oxygen atoms in total. The molecule has 0 radical (unpaired) electrons. The fourth-order valence-corrected chi connectivity index (χ4v) is 2.04. The van der Waals surface area contributed by atoms with Crippen LogP contribution in [-0.2, 0) is 6.18 Å². The highest BCUT2D eigenvalue weighted by atomic mass is 19.4. The van der Waals surface area contributed by atoms with Gasteiger partial charge in [-0.15, -0.1) is 0 Å². The van der Waals surface area contributed by atoms with Gasteiger partial charge in [-0.25, -0.2) is 0 Å². The van der Waals surface area contributed by atoms with E-state index in [0.29, 0.717) is 5.92 Å². The fourth-order valence-electron chi connectivity index (χ4n) is 2.04. The summed E-state index contributed by atoms with van der Waals surface area (Å²) in [6.45, 7) is 0. The number of aromatic nitrogens is 1. The molecule has 0 aliphatic heterocycles. The zero-order chi connectivity index (χ0) is 10.9. The summed E-state index contributed by atoms with van der Waals surface area (Å²) in [5, 5.41) is 0. The largest absolute Gasteiger partial charge is 0.417 e. The first-order chi connectivity index (χ1) is 7.07. The summed E-state index contributed by atoms with van der Waals surface area (Å²) in [6.07, 6.45) is 1.09. The highest BCUT2D eigenvalue weighted by Crippen LogP contribution is 2.34. The van der Waals surface area contributed by atoms with Crippen LogP contribution in [0.4, 0.5) is 13.2 Å². The molecule has 4 heteroatoms. The van der Waals surface area contributed by atoms with Crippen molar-refractivity contribution < 1.29 is 13.2 Å². The molecule has 1 aliphatic rings. The molecule has 15 heavy (non-hydrogen) atoms. The molecule has 82 valence electrons. The molecular weight excluding hydrogens is 203 g/mol. The number of hydrogen-bond acceptors (Lipinski definition) is 1. The van der Waals surface area contributed by atoms with Crippen LogP contribution < -0.4 is 0 Å². The zero-order valence-corrected chi connectivity index (χ0v) is 8.22. The molecule has 1 heterocycles. The van der Waals surface area contributed by atoms with Crippen molar-refractivity contribution in [3.63, 3.8) is 0 Å². The predicted molar refractivity (Wildman–Crippen MR) is 50.4 cm³/mol. The quantitative estimate of drug-likeness (QED) is 0.695. The van der Waals surface area contributed by atoms with Crippen molar-refractivity contribution in [3.8, 4) is 0 Å². The van der Waals surface area contributed by atoms with E-state index in [9.17, 15) is 13.2 Å². The van der Waals surface area contributed by atoms with Crippen LogP contribution in [0.3, 0.4) is 0 Å². The Labute approximate surface area is 86.3 Å². The summed E-state index contributed by atoms with van der Waals surface area (Å²) < 4.78 is 36.8. The maximum Gasteiger partial charge on any atom is 0.417 e. The minimum atomic E-state index is -4.28. The van der Waals surface area contributed by atoms with Crippen LogP contribution in [0.25, 0.3) is 0 Å². The van der Waals surface area contributed by atoms with Gasteiger partial charge in [0.15, 0.2) is 0 Å². The van der Waals surface area contributed by atoms with Gasteiger partial charge in [-0.3, -0.25) is 4.98 Å². The summed E-state index contributed by atoms with van der Waals surface area (Å²) in [4.78, 5) is 3.91. The highest BCUT2D eigenvalue weighted by molar-refractivity contribution is 5.19. The van der Waals surface area contributed by atoms with Crippen LogP contribution in [0.5, 0.6) is 0 Å². The van der Waals surface area contributed by atoms with Gasteiger partial charge in [0, 0.05) is 17.8 Å². The number of halogens is 3. The van der Waals surface area contributed by atoms with Gasteiger partial charge >= 0.3 is 6.18 Å². The third kappa shape index (κ3) is 2.30. The van der Waals surface area contributed by atoms with Gasteiger partial charge in [0.1, 0.15) is 0 Å². The Morgan fingerprint density at radius 3 is 2.27 bits per heavy atom. The number of rotatable bonds is 1. The Bertz CT molecular complexity index is 323. The highest BCUT2D eigenvalue weighted by Gasteiger charge is 2.31. The molecule has 0 unspecified atom stereocenters. The minimum absolute atomic E-state index is 0.368. The number of pyridine rings is 1. The van der Waals surface area contributed by atoms with E-state index in [1.165, 1.54) is 6.07 Å². The third-order valence-electron chi connectivity index (χ3n) is 2.89. The Morgan fingerprint density at radius 2 is 1.80 bits per heavy atom. The molecule has 0 saturated heterocycles. The SMILES string of the molecule is FC(F)(F)c1ccc(C2CCCC2)nc1. The molecule has 0 N–H and O–H groups in total. The summed E-state index contributed by atoms with van der Waals surface area (Å²) in [7, 11) is 0. The average Bonchev–Trinajstić information content (AvgIpc) is 2.69. The lowest BCUT2D eigenvalue weighted by Gasteiger charge is -2.10. The van der Waals surface area contributed by atoms with E-state index >= 15 is 0 Å². The van der Waals surface area contributed by atoms with Crippen molar-refractivity contribution in [3.05, 3.63) is 29.6 Å². The maximum absolute atomic E-state index is 12.3. The fraction of sp³-hybridized carbons (Fsp3) is 0.545. The van der Waals surface area contributed by atoms with Crippen LogP contribution in [-0.4, -0.2) is 4.98 Å². The van der Waals surface area contributed by atoms with E-state index < -0.39 is 11.7 Å². The molecule has 1 saturated carbocycles. The van der Waals surface area contributed by atoms with Crippen molar-refractivity contribution in [1.29, 1.82) is 0 Å². The molecule has 2 rings (SSSR count). The minimum Gasteiger partial charge on any atom is -0.260 e. The van der Waals surface area contributed by atoms with E-state index in [4.69, 9.17) is 0 Å². The van der Waals surface area contributed by atoms with E-state index in [1.807, 2.05) is 0 Å². The number of nitrogens with zero attached hydrogens (tertiary/aromatic N) is 1. The van der Waals surface area contributed by atoms with Crippen molar-refractivity contribution in [1.82, 2.24) is 4.98 Å². The second kappa shape index (κ2) is 3.83. The van der Waals surface area contributed by atoms with Gasteiger partial charge in [-0.1, -0.05) is 12.8 Å². The first kappa shape index (κ1) is 10.5. The van der Waals surface area contributed by atoms with Crippen molar-refractivity contribution >= 4 is 0 Å². The molecule has 1 aromatic rings. The molecule has 0 aromatic carbocycles. The monoisotopic (exact) mass is 215 g/mol. The van der Waals surface area contributed by atoms with Crippen LogP contribution in [0, 0.1) is 0 Å². The molecule has 1 fully saturated rings. The lowest BCUT2D eigenvalue weighted by Crippen LogP contribution is -2.06. The number of alkyl halides is 3. The van der Waals surface area contributed by atoms with E-state index in [0.717, 1.165) is 43.6 Å². The van der Waals surface area contributed by atoms with Crippen LogP contribution in [0.15, 0.2) is 18.3 Å². The topological polar surface area (TPSA) is 12.9 Å². The van der Waals surface area contributed by atoms with Gasteiger partial charge < -0.3 is 0 Å². The van der Waals surface area contributed by atoms with E-state index in [-0.39, 0.29) is 0 Å². The summed E-state index contributed by atoms with van der Waals surface area (Å²) in [5.41, 5.74) is 0.143. The number of hydrogen-bond donors (Lipinski definition) is 0. The van der Waals surface area contributed by atoms with Crippen LogP contribution in [0.1, 0.15) is 42.9 Å². The standard InChI is InChI=1S/C11H12F3N/c12-11(13,14)9-5-6-10(15-7-9)8-3-1-2-4-8/h5-8H,1-4H2. The molecular formula is C11H12F3N. The zero-order valence-electron chi connectivity index (χ0n) is 8.22. The van der Waals surface area contributed by atoms with Crippen molar-refractivity contribution in [2.45, 2.75) is 37.8 Å². The summed E-state index contributed by atoms with van der Waals surface area (Å²) in [5.74, 6) is 0.368. The first-order valence-electron chi connectivity index (χ1n) is 5.10. The Balaban J connectivity index is 2.16. The second-order valence-corrected chi connectivity index (χ2v) is 3.95. The second-order valence-electron chi connectivity index (χ2n) is 3.95. The predicted octanol–water partition coefficient (Wildman–Crippen LogP) is 3.76. The molecule has 0 bridgehead atoms. The average molecular weight is 215 g/mol. The molecule has 0 spiro atoms. The third-order valence-corrected chi connectivity index (χ3v) is 2.89. The van der Waals surface area contributed by atoms with Crippen LogP contribution in [0.2, 0.25) is 0 Å². The smallest absolute Gasteiger partial charge is 0.260 e. The summed E-state index contributed by atoms with van der Waals surface area (Å²) in [6, 6.07) is 2.64. The van der Waals surface area contributed by atoms with E-state index in [2.05, 4.69) is 4.98 Å². The van der Waals surface area contributed by atoms with Gasteiger partial charge in [0.2, 0.25) is 0 Å². The van der Waals surface area contributed by atoms with Gasteiger partial charge in [0.25, 0.3) is 0 Å². The van der Waals surface area contributed by atoms with Gasteiger partial charge in [0.05, 0.1) is 5.56 Å². The van der Waals surface area contributed by atoms with Crippen molar-refractivity contribution in [2.75, 3.05) is 0 Å².